The minimum atomic E-state index is -1.06. The number of ether oxygens (including phenoxy) is 2. The molecule has 1 heterocycles. The molecule has 3 aromatic rings. The van der Waals surface area contributed by atoms with Crippen LogP contribution in [-0.4, -0.2) is 35.6 Å². The average Bonchev–Trinajstić information content (AvgIpc) is 3.12. The van der Waals surface area contributed by atoms with E-state index in [0.29, 0.717) is 29.5 Å². The van der Waals surface area contributed by atoms with Crippen molar-refractivity contribution in [1.29, 1.82) is 0 Å². The molecule has 1 saturated heterocycles. The zero-order chi connectivity index (χ0) is 26.9. The molecule has 0 saturated carbocycles. The van der Waals surface area contributed by atoms with Crippen LogP contribution in [0.1, 0.15) is 31.0 Å². The minimum Gasteiger partial charge on any atom is -0.508 e. The highest BCUT2D eigenvalue weighted by Crippen LogP contribution is 2.45. The Kier molecular flexibility index (Phi) is 7.66. The summed E-state index contributed by atoms with van der Waals surface area (Å²) in [4.78, 5) is 28.0. The van der Waals surface area contributed by atoms with Gasteiger partial charge in [-0.1, -0.05) is 49.2 Å². The van der Waals surface area contributed by atoms with Gasteiger partial charge in [-0.3, -0.25) is 14.5 Å². The van der Waals surface area contributed by atoms with Crippen molar-refractivity contribution in [2.45, 2.75) is 19.9 Å². The molecule has 1 amide bonds. The third-order valence-electron chi connectivity index (χ3n) is 5.80. The molecular weight excluding hydrogens is 517 g/mol. The third kappa shape index (κ3) is 5.24. The summed E-state index contributed by atoms with van der Waals surface area (Å²) in [6, 6.07) is 14.6. The number of amides is 1. The van der Waals surface area contributed by atoms with E-state index in [-0.39, 0.29) is 32.7 Å². The summed E-state index contributed by atoms with van der Waals surface area (Å²) in [6.45, 7) is 4.59. The molecule has 2 N–H and O–H groups in total. The first kappa shape index (κ1) is 26.4. The summed E-state index contributed by atoms with van der Waals surface area (Å²) >= 11 is 12.4. The van der Waals surface area contributed by atoms with Gasteiger partial charge in [-0.25, -0.2) is 0 Å². The molecule has 0 aromatic heterocycles. The first-order valence-electron chi connectivity index (χ1n) is 11.5. The molecule has 192 valence electrons. The van der Waals surface area contributed by atoms with Crippen LogP contribution in [0.5, 0.6) is 17.2 Å². The summed E-state index contributed by atoms with van der Waals surface area (Å²) in [7, 11) is 1.36. The number of carbonyl (C=O) groups excluding carboxylic acids is 2. The maximum Gasteiger partial charge on any atom is 0.300 e. The van der Waals surface area contributed by atoms with Gasteiger partial charge in [0.05, 0.1) is 35.9 Å². The number of carbonyl (C=O) groups is 2. The van der Waals surface area contributed by atoms with Gasteiger partial charge < -0.3 is 19.7 Å². The van der Waals surface area contributed by atoms with Crippen molar-refractivity contribution < 1.29 is 29.3 Å². The monoisotopic (exact) mass is 541 g/mol. The molecule has 0 spiro atoms. The summed E-state index contributed by atoms with van der Waals surface area (Å²) in [5.74, 6) is -1.30. The molecule has 0 radical (unpaired) electrons. The number of ketones is 1. The lowest BCUT2D eigenvalue weighted by molar-refractivity contribution is -0.132. The smallest absolute Gasteiger partial charge is 0.300 e. The Morgan fingerprint density at radius 1 is 1.05 bits per heavy atom. The van der Waals surface area contributed by atoms with Crippen molar-refractivity contribution in [3.63, 3.8) is 0 Å². The SMILES string of the molecule is COc1c(Cl)cc(Cl)cc1/C(O)=C1\C(=O)C(=O)N(c2ccc(OCC(C)C)cc2)C1c1cccc(O)c1. The van der Waals surface area contributed by atoms with Crippen molar-refractivity contribution in [3.05, 3.63) is 87.4 Å². The van der Waals surface area contributed by atoms with E-state index in [1.807, 2.05) is 13.8 Å². The van der Waals surface area contributed by atoms with Gasteiger partial charge >= 0.3 is 0 Å². The van der Waals surface area contributed by atoms with E-state index in [1.165, 1.54) is 36.3 Å². The number of methoxy groups -OCH3 is 1. The topological polar surface area (TPSA) is 96.3 Å². The van der Waals surface area contributed by atoms with E-state index in [0.717, 1.165) is 0 Å². The van der Waals surface area contributed by atoms with E-state index >= 15 is 0 Å². The number of anilines is 1. The Labute approximate surface area is 224 Å². The highest BCUT2D eigenvalue weighted by Gasteiger charge is 2.47. The lowest BCUT2D eigenvalue weighted by Gasteiger charge is -2.26. The van der Waals surface area contributed by atoms with E-state index in [1.54, 1.807) is 36.4 Å². The highest BCUT2D eigenvalue weighted by molar-refractivity contribution is 6.52. The number of aliphatic hydroxyl groups is 1. The van der Waals surface area contributed by atoms with Crippen LogP contribution < -0.4 is 14.4 Å². The predicted molar refractivity (Wildman–Crippen MR) is 143 cm³/mol. The number of aliphatic hydroxyl groups excluding tert-OH is 1. The molecule has 7 nitrogen and oxygen atoms in total. The van der Waals surface area contributed by atoms with Crippen LogP contribution in [0, 0.1) is 5.92 Å². The standard InChI is InChI=1S/C28H25Cl2NO6/c1-15(2)14-37-20-9-7-18(8-10-20)31-24(16-5-4-6-19(32)11-16)23(26(34)28(31)35)25(33)21-12-17(29)13-22(30)27(21)36-3/h4-13,15,24,32-33H,14H2,1-3H3/b25-23+. The normalized spacial score (nSPS) is 16.9. The summed E-state index contributed by atoms with van der Waals surface area (Å²) in [5.41, 5.74) is 0.670. The van der Waals surface area contributed by atoms with E-state index in [2.05, 4.69) is 0 Å². The predicted octanol–water partition coefficient (Wildman–Crippen LogP) is 6.37. The number of phenolic OH excluding ortho intramolecular Hbond substituents is 1. The molecule has 37 heavy (non-hydrogen) atoms. The van der Waals surface area contributed by atoms with Crippen LogP contribution in [-0.2, 0) is 9.59 Å². The van der Waals surface area contributed by atoms with Crippen LogP contribution in [0.4, 0.5) is 5.69 Å². The number of aromatic hydroxyl groups is 1. The van der Waals surface area contributed by atoms with Crippen molar-refractivity contribution in [3.8, 4) is 17.2 Å². The maximum atomic E-state index is 13.4. The summed E-state index contributed by atoms with van der Waals surface area (Å²) in [6.07, 6.45) is 0. The third-order valence-corrected chi connectivity index (χ3v) is 6.30. The number of halogens is 2. The first-order valence-corrected chi connectivity index (χ1v) is 12.2. The second-order valence-electron chi connectivity index (χ2n) is 8.93. The first-order chi connectivity index (χ1) is 17.6. The number of Topliss-reactive ketones (excluding diaryl/α,β-unsaturated/α-hetero) is 1. The molecule has 1 atom stereocenters. The Balaban J connectivity index is 1.90. The zero-order valence-electron chi connectivity index (χ0n) is 20.4. The van der Waals surface area contributed by atoms with Crippen LogP contribution in [0.2, 0.25) is 10.0 Å². The van der Waals surface area contributed by atoms with Gasteiger partial charge in [-0.15, -0.1) is 0 Å². The molecule has 1 aliphatic rings. The lowest BCUT2D eigenvalue weighted by Crippen LogP contribution is -2.29. The summed E-state index contributed by atoms with van der Waals surface area (Å²) in [5, 5.41) is 21.9. The van der Waals surface area contributed by atoms with Crippen molar-refractivity contribution in [2.24, 2.45) is 5.92 Å². The molecular formula is C28H25Cl2NO6. The van der Waals surface area contributed by atoms with Crippen LogP contribution in [0.25, 0.3) is 5.76 Å². The maximum absolute atomic E-state index is 13.4. The molecule has 9 heteroatoms. The Morgan fingerprint density at radius 3 is 2.38 bits per heavy atom. The van der Waals surface area contributed by atoms with Crippen LogP contribution in [0.3, 0.4) is 0 Å². The number of rotatable bonds is 7. The fourth-order valence-corrected chi connectivity index (χ4v) is 4.73. The highest BCUT2D eigenvalue weighted by atomic mass is 35.5. The molecule has 1 aliphatic heterocycles. The fraction of sp³-hybridized carbons (Fsp3) is 0.214. The fourth-order valence-electron chi connectivity index (χ4n) is 4.16. The molecule has 1 fully saturated rings. The summed E-state index contributed by atoms with van der Waals surface area (Å²) < 4.78 is 11.1. The number of phenols is 1. The second kappa shape index (κ2) is 10.7. The van der Waals surface area contributed by atoms with Gasteiger partial charge in [0.15, 0.2) is 0 Å². The molecule has 1 unspecified atom stereocenters. The Bertz CT molecular complexity index is 1380. The van der Waals surface area contributed by atoms with Gasteiger partial charge in [0.1, 0.15) is 23.0 Å². The number of nitrogens with zero attached hydrogens (tertiary/aromatic N) is 1. The Morgan fingerprint density at radius 2 is 1.76 bits per heavy atom. The number of benzene rings is 3. The molecule has 0 bridgehead atoms. The molecule has 4 rings (SSSR count). The zero-order valence-corrected chi connectivity index (χ0v) is 21.9. The quantitative estimate of drug-likeness (QED) is 0.205. The lowest BCUT2D eigenvalue weighted by atomic mass is 9.94. The van der Waals surface area contributed by atoms with Crippen LogP contribution >= 0.6 is 23.2 Å². The van der Waals surface area contributed by atoms with Gasteiger partial charge in [0.25, 0.3) is 11.7 Å². The largest absolute Gasteiger partial charge is 0.508 e. The van der Waals surface area contributed by atoms with Crippen molar-refractivity contribution in [1.82, 2.24) is 0 Å². The van der Waals surface area contributed by atoms with Crippen molar-refractivity contribution >= 4 is 46.3 Å². The van der Waals surface area contributed by atoms with E-state index in [4.69, 9.17) is 32.7 Å². The minimum absolute atomic E-state index is 0.0561. The van der Waals surface area contributed by atoms with Gasteiger partial charge in [0.2, 0.25) is 0 Å². The van der Waals surface area contributed by atoms with E-state index in [9.17, 15) is 19.8 Å². The molecule has 3 aromatic carbocycles. The van der Waals surface area contributed by atoms with E-state index < -0.39 is 23.5 Å². The Hall–Kier alpha value is -3.68. The molecule has 0 aliphatic carbocycles. The van der Waals surface area contributed by atoms with Gasteiger partial charge in [0, 0.05) is 10.7 Å². The average molecular weight is 542 g/mol. The van der Waals surface area contributed by atoms with Crippen LogP contribution in [0.15, 0.2) is 66.2 Å². The second-order valence-corrected chi connectivity index (χ2v) is 9.77. The van der Waals surface area contributed by atoms with Gasteiger partial charge in [-0.05, 0) is 60.0 Å². The number of hydrogen-bond acceptors (Lipinski definition) is 6. The van der Waals surface area contributed by atoms with Crippen molar-refractivity contribution in [2.75, 3.05) is 18.6 Å². The number of hydrogen-bond donors (Lipinski definition) is 2. The van der Waals surface area contributed by atoms with Gasteiger partial charge in [-0.2, -0.15) is 0 Å².